The van der Waals surface area contributed by atoms with Crippen LogP contribution < -0.4 is 4.74 Å². The fourth-order valence-corrected chi connectivity index (χ4v) is 2.31. The third-order valence-electron chi connectivity index (χ3n) is 2.71. The Balaban J connectivity index is 2.39. The van der Waals surface area contributed by atoms with Gasteiger partial charge in [-0.3, -0.25) is 10.1 Å². The molecule has 0 N–H and O–H groups in total. The third kappa shape index (κ3) is 3.29. The van der Waals surface area contributed by atoms with E-state index in [1.165, 1.54) is 18.2 Å². The smallest absolute Gasteiger partial charge is 0.273 e. The van der Waals surface area contributed by atoms with Crippen LogP contribution in [0.2, 0.25) is 5.02 Å². The number of nitrogens with zero attached hydrogens (tertiary/aromatic N) is 1. The summed E-state index contributed by atoms with van der Waals surface area (Å²) in [5.41, 5.74) is 2.00. The largest absolute Gasteiger partial charge is 0.455 e. The molecule has 0 amide bonds. The van der Waals surface area contributed by atoms with E-state index in [4.69, 9.17) is 16.3 Å². The van der Waals surface area contributed by atoms with Crippen molar-refractivity contribution in [3.63, 3.8) is 0 Å². The van der Waals surface area contributed by atoms with Gasteiger partial charge in [0.2, 0.25) is 0 Å². The Labute approximate surface area is 129 Å². The van der Waals surface area contributed by atoms with E-state index in [9.17, 15) is 10.1 Å². The van der Waals surface area contributed by atoms with Gasteiger partial charge >= 0.3 is 0 Å². The first-order valence-electron chi connectivity index (χ1n) is 5.78. The van der Waals surface area contributed by atoms with Gasteiger partial charge in [0, 0.05) is 17.0 Å². The summed E-state index contributed by atoms with van der Waals surface area (Å²) < 4.78 is 5.71. The van der Waals surface area contributed by atoms with Crippen LogP contribution in [0.3, 0.4) is 0 Å². The molecule has 0 aliphatic heterocycles. The lowest BCUT2D eigenvalue weighted by molar-refractivity contribution is -0.384. The number of halogens is 2. The molecule has 0 aliphatic carbocycles. The molecule has 0 aromatic heterocycles. The van der Waals surface area contributed by atoms with Crippen molar-refractivity contribution in [1.29, 1.82) is 0 Å². The van der Waals surface area contributed by atoms with Gasteiger partial charge in [0.05, 0.1) is 16.0 Å². The van der Waals surface area contributed by atoms with Crippen LogP contribution in [0.5, 0.6) is 11.5 Å². The Kier molecular flexibility index (Phi) is 4.62. The summed E-state index contributed by atoms with van der Waals surface area (Å²) in [5.74, 6) is 0.891. The van der Waals surface area contributed by atoms with Gasteiger partial charge in [-0.15, -0.1) is 0 Å². The Morgan fingerprint density at radius 3 is 2.65 bits per heavy atom. The second-order valence-corrected chi connectivity index (χ2v) is 5.19. The second-order valence-electron chi connectivity index (χ2n) is 4.22. The highest BCUT2D eigenvalue weighted by Gasteiger charge is 2.13. The van der Waals surface area contributed by atoms with E-state index in [1.54, 1.807) is 0 Å². The van der Waals surface area contributed by atoms with E-state index in [0.717, 1.165) is 11.1 Å². The molecule has 2 aromatic rings. The summed E-state index contributed by atoms with van der Waals surface area (Å²) in [6.07, 6.45) is 0. The number of alkyl halides is 1. The molecule has 0 radical (unpaired) electrons. The minimum atomic E-state index is -0.482. The monoisotopic (exact) mass is 355 g/mol. The van der Waals surface area contributed by atoms with Crippen LogP contribution in [-0.2, 0) is 5.33 Å². The zero-order valence-electron chi connectivity index (χ0n) is 10.6. The zero-order chi connectivity index (χ0) is 14.7. The van der Waals surface area contributed by atoms with Gasteiger partial charge in [0.1, 0.15) is 5.75 Å². The van der Waals surface area contributed by atoms with Crippen molar-refractivity contribution in [3.8, 4) is 11.5 Å². The highest BCUT2D eigenvalue weighted by Crippen LogP contribution is 2.34. The van der Waals surface area contributed by atoms with Crippen LogP contribution in [0, 0.1) is 17.0 Å². The van der Waals surface area contributed by atoms with Gasteiger partial charge in [0.15, 0.2) is 5.75 Å². The molecule has 4 nitrogen and oxygen atoms in total. The SMILES string of the molecule is Cc1ccc(Oc2cc([N+](=O)[O-])ccc2Cl)c(CBr)c1. The van der Waals surface area contributed by atoms with Crippen molar-refractivity contribution in [2.75, 3.05) is 0 Å². The van der Waals surface area contributed by atoms with E-state index in [0.29, 0.717) is 16.1 Å². The first-order chi connectivity index (χ1) is 9.51. The molecule has 6 heteroatoms. The topological polar surface area (TPSA) is 52.4 Å². The quantitative estimate of drug-likeness (QED) is 0.427. The summed E-state index contributed by atoms with van der Waals surface area (Å²) in [5, 5.41) is 11.7. The Morgan fingerprint density at radius 1 is 1.25 bits per heavy atom. The lowest BCUT2D eigenvalue weighted by Gasteiger charge is -2.11. The van der Waals surface area contributed by atoms with E-state index < -0.39 is 4.92 Å². The average Bonchev–Trinajstić information content (AvgIpc) is 2.42. The maximum atomic E-state index is 10.8. The molecule has 0 saturated heterocycles. The summed E-state index contributed by atoms with van der Waals surface area (Å²) in [4.78, 5) is 10.3. The molecule has 0 unspecified atom stereocenters. The minimum Gasteiger partial charge on any atom is -0.455 e. The van der Waals surface area contributed by atoms with Gasteiger partial charge in [-0.1, -0.05) is 45.2 Å². The third-order valence-corrected chi connectivity index (χ3v) is 3.62. The van der Waals surface area contributed by atoms with Crippen LogP contribution in [-0.4, -0.2) is 4.92 Å². The number of aryl methyl sites for hydroxylation is 1. The lowest BCUT2D eigenvalue weighted by Crippen LogP contribution is -1.93. The van der Waals surface area contributed by atoms with Gasteiger partial charge in [-0.25, -0.2) is 0 Å². The number of ether oxygens (including phenoxy) is 1. The van der Waals surface area contributed by atoms with E-state index >= 15 is 0 Å². The molecule has 20 heavy (non-hydrogen) atoms. The van der Waals surface area contributed by atoms with Crippen LogP contribution in [0.25, 0.3) is 0 Å². The standard InChI is InChI=1S/C14H11BrClNO3/c1-9-2-5-13(10(6-9)8-15)20-14-7-11(17(18)19)3-4-12(14)16/h2-7H,8H2,1H3. The number of benzene rings is 2. The molecule has 2 rings (SSSR count). The Hall–Kier alpha value is -1.59. The maximum absolute atomic E-state index is 10.8. The summed E-state index contributed by atoms with van der Waals surface area (Å²) in [7, 11) is 0. The summed E-state index contributed by atoms with van der Waals surface area (Å²) >= 11 is 9.41. The molecule has 104 valence electrons. The maximum Gasteiger partial charge on any atom is 0.273 e. The van der Waals surface area contributed by atoms with Crippen molar-refractivity contribution < 1.29 is 9.66 Å². The zero-order valence-corrected chi connectivity index (χ0v) is 12.9. The number of hydrogen-bond acceptors (Lipinski definition) is 3. The summed E-state index contributed by atoms with van der Waals surface area (Å²) in [6.45, 7) is 1.98. The molecular weight excluding hydrogens is 346 g/mol. The number of nitro benzene ring substituents is 1. The number of non-ortho nitro benzene ring substituents is 1. The van der Waals surface area contributed by atoms with Crippen LogP contribution >= 0.6 is 27.5 Å². The van der Waals surface area contributed by atoms with Crippen LogP contribution in [0.15, 0.2) is 36.4 Å². The fraction of sp³-hybridized carbons (Fsp3) is 0.143. The first kappa shape index (κ1) is 14.8. The molecule has 0 spiro atoms. The molecule has 0 fully saturated rings. The molecular formula is C14H11BrClNO3. The van der Waals surface area contributed by atoms with E-state index in [1.807, 2.05) is 25.1 Å². The highest BCUT2D eigenvalue weighted by atomic mass is 79.9. The van der Waals surface area contributed by atoms with Crippen LogP contribution in [0.4, 0.5) is 5.69 Å². The Bertz CT molecular complexity index is 661. The van der Waals surface area contributed by atoms with Gasteiger partial charge < -0.3 is 4.74 Å². The van der Waals surface area contributed by atoms with Crippen molar-refractivity contribution in [2.45, 2.75) is 12.3 Å². The number of nitro groups is 1. The lowest BCUT2D eigenvalue weighted by atomic mass is 10.1. The number of rotatable bonds is 4. The Morgan fingerprint density at radius 2 is 2.00 bits per heavy atom. The molecule has 2 aromatic carbocycles. The molecule has 0 heterocycles. The van der Waals surface area contributed by atoms with Crippen molar-refractivity contribution in [1.82, 2.24) is 0 Å². The average molecular weight is 357 g/mol. The molecule has 0 bridgehead atoms. The molecule has 0 saturated carbocycles. The van der Waals surface area contributed by atoms with E-state index in [2.05, 4.69) is 15.9 Å². The normalized spacial score (nSPS) is 10.3. The molecule has 0 atom stereocenters. The molecule has 0 aliphatic rings. The van der Waals surface area contributed by atoms with E-state index in [-0.39, 0.29) is 11.4 Å². The predicted molar refractivity (Wildman–Crippen MR) is 82.0 cm³/mol. The first-order valence-corrected chi connectivity index (χ1v) is 7.28. The van der Waals surface area contributed by atoms with Crippen LogP contribution in [0.1, 0.15) is 11.1 Å². The summed E-state index contributed by atoms with van der Waals surface area (Å²) in [6, 6.07) is 9.83. The number of hydrogen-bond donors (Lipinski definition) is 0. The highest BCUT2D eigenvalue weighted by molar-refractivity contribution is 9.08. The van der Waals surface area contributed by atoms with Crippen molar-refractivity contribution in [2.24, 2.45) is 0 Å². The van der Waals surface area contributed by atoms with Gasteiger partial charge in [-0.05, 0) is 19.1 Å². The second kappa shape index (κ2) is 6.24. The van der Waals surface area contributed by atoms with Gasteiger partial charge in [0.25, 0.3) is 5.69 Å². The van der Waals surface area contributed by atoms with Gasteiger partial charge in [-0.2, -0.15) is 0 Å². The minimum absolute atomic E-state index is 0.0584. The van der Waals surface area contributed by atoms with Crippen molar-refractivity contribution in [3.05, 3.63) is 62.7 Å². The fourth-order valence-electron chi connectivity index (χ4n) is 1.71. The van der Waals surface area contributed by atoms with Crippen molar-refractivity contribution >= 4 is 33.2 Å². The predicted octanol–water partition coefficient (Wildman–Crippen LogP) is 5.24.